The Morgan fingerprint density at radius 3 is 2.28 bits per heavy atom. The quantitative estimate of drug-likeness (QED) is 0.464. The van der Waals surface area contributed by atoms with Crippen molar-refractivity contribution in [1.29, 1.82) is 0 Å². The molecule has 0 aliphatic heterocycles. The van der Waals surface area contributed by atoms with Crippen LogP contribution in [0.15, 0.2) is 24.3 Å². The second-order valence-corrected chi connectivity index (χ2v) is 8.00. The van der Waals surface area contributed by atoms with Crippen molar-refractivity contribution in [3.63, 3.8) is 0 Å². The van der Waals surface area contributed by atoms with Crippen LogP contribution in [0.1, 0.15) is 48.9 Å². The Morgan fingerprint density at radius 1 is 1.12 bits per heavy atom. The van der Waals surface area contributed by atoms with E-state index in [1.54, 1.807) is 0 Å². The number of carbonyl (C=O) groups excluding carboxylic acids is 2. The van der Waals surface area contributed by atoms with E-state index in [-0.39, 0.29) is 29.1 Å². The number of rotatable bonds is 5. The van der Waals surface area contributed by atoms with Crippen LogP contribution >= 0.6 is 0 Å². The molecule has 1 aromatic carbocycles. The van der Waals surface area contributed by atoms with Crippen molar-refractivity contribution >= 4 is 17.4 Å². The molecular formula is C19H21NO5. The maximum Gasteiger partial charge on any atom is 0.338 e. The zero-order valence-corrected chi connectivity index (χ0v) is 14.0. The number of nitrogens with zero attached hydrogens (tertiary/aromatic N) is 1. The first kappa shape index (κ1) is 16.2. The smallest absolute Gasteiger partial charge is 0.338 e. The zero-order chi connectivity index (χ0) is 17.6. The van der Waals surface area contributed by atoms with Crippen molar-refractivity contribution in [2.45, 2.75) is 38.5 Å². The number of ether oxygens (including phenoxy) is 1. The van der Waals surface area contributed by atoms with Gasteiger partial charge in [-0.2, -0.15) is 0 Å². The summed E-state index contributed by atoms with van der Waals surface area (Å²) in [5.74, 6) is 1.32. The van der Waals surface area contributed by atoms with E-state index in [4.69, 9.17) is 4.74 Å². The highest BCUT2D eigenvalue weighted by molar-refractivity contribution is 5.93. The monoisotopic (exact) mass is 343 g/mol. The summed E-state index contributed by atoms with van der Waals surface area (Å²) in [6.45, 7) is -0.228. The van der Waals surface area contributed by atoms with Gasteiger partial charge in [0, 0.05) is 17.5 Å². The van der Waals surface area contributed by atoms with Gasteiger partial charge in [0.05, 0.1) is 10.5 Å². The SMILES string of the molecule is O=C(OCC(=O)C12CC3CC(CC(C3)C1)C2)c1cccc([N+](=O)[O-])c1. The molecule has 4 aliphatic carbocycles. The van der Waals surface area contributed by atoms with Crippen molar-refractivity contribution in [1.82, 2.24) is 0 Å². The fourth-order valence-corrected chi connectivity index (χ4v) is 5.57. The van der Waals surface area contributed by atoms with Crippen LogP contribution in [0.4, 0.5) is 5.69 Å². The Balaban J connectivity index is 1.41. The molecule has 0 atom stereocenters. The number of Topliss-reactive ketones (excluding diaryl/α,β-unsaturated/α-hetero) is 1. The molecule has 5 rings (SSSR count). The minimum atomic E-state index is -0.679. The van der Waals surface area contributed by atoms with E-state index in [1.807, 2.05) is 0 Å². The largest absolute Gasteiger partial charge is 0.454 e. The molecule has 0 unspecified atom stereocenters. The van der Waals surface area contributed by atoms with E-state index < -0.39 is 10.9 Å². The summed E-state index contributed by atoms with van der Waals surface area (Å²) in [7, 11) is 0. The number of nitro groups is 1. The molecule has 0 radical (unpaired) electrons. The van der Waals surface area contributed by atoms with Crippen molar-refractivity contribution in [3.8, 4) is 0 Å². The van der Waals surface area contributed by atoms with Crippen molar-refractivity contribution in [2.75, 3.05) is 6.61 Å². The highest BCUT2D eigenvalue weighted by atomic mass is 16.6. The minimum Gasteiger partial charge on any atom is -0.454 e. The molecule has 132 valence electrons. The van der Waals surface area contributed by atoms with Gasteiger partial charge in [-0.15, -0.1) is 0 Å². The number of nitro benzene ring substituents is 1. The molecule has 0 spiro atoms. The van der Waals surface area contributed by atoms with E-state index >= 15 is 0 Å². The predicted molar refractivity (Wildman–Crippen MR) is 89.0 cm³/mol. The lowest BCUT2D eigenvalue weighted by atomic mass is 9.48. The maximum absolute atomic E-state index is 12.8. The van der Waals surface area contributed by atoms with Crippen LogP contribution in [0.5, 0.6) is 0 Å². The number of non-ortho nitro benzene ring substituents is 1. The van der Waals surface area contributed by atoms with Crippen molar-refractivity contribution < 1.29 is 19.2 Å². The van der Waals surface area contributed by atoms with Gasteiger partial charge in [-0.25, -0.2) is 4.79 Å². The van der Waals surface area contributed by atoms with Crippen molar-refractivity contribution in [2.24, 2.45) is 23.2 Å². The molecule has 6 heteroatoms. The zero-order valence-electron chi connectivity index (χ0n) is 14.0. The summed E-state index contributed by atoms with van der Waals surface area (Å²) < 4.78 is 5.20. The third kappa shape index (κ3) is 2.94. The Morgan fingerprint density at radius 2 is 1.72 bits per heavy atom. The molecule has 6 nitrogen and oxygen atoms in total. The second kappa shape index (κ2) is 5.93. The van der Waals surface area contributed by atoms with E-state index in [1.165, 1.54) is 43.5 Å². The van der Waals surface area contributed by atoms with E-state index in [9.17, 15) is 19.7 Å². The van der Waals surface area contributed by atoms with E-state index in [0.717, 1.165) is 19.3 Å². The highest BCUT2D eigenvalue weighted by Crippen LogP contribution is 2.60. The van der Waals surface area contributed by atoms with Gasteiger partial charge in [-0.05, 0) is 62.3 Å². The third-order valence-electron chi connectivity index (χ3n) is 6.26. The fourth-order valence-electron chi connectivity index (χ4n) is 5.57. The first-order valence-corrected chi connectivity index (χ1v) is 8.90. The molecule has 25 heavy (non-hydrogen) atoms. The highest BCUT2D eigenvalue weighted by Gasteiger charge is 2.54. The Labute approximate surface area is 145 Å². The molecule has 0 aromatic heterocycles. The molecule has 0 heterocycles. The minimum absolute atomic E-state index is 0.0328. The molecule has 0 saturated heterocycles. The van der Waals surface area contributed by atoms with Crippen LogP contribution in [0, 0.1) is 33.3 Å². The van der Waals surface area contributed by atoms with Crippen LogP contribution in [0.3, 0.4) is 0 Å². The molecule has 4 aliphatic rings. The molecule has 4 fully saturated rings. The summed E-state index contributed by atoms with van der Waals surface area (Å²) in [4.78, 5) is 35.2. The number of hydrogen-bond acceptors (Lipinski definition) is 5. The standard InChI is InChI=1S/C19H21NO5/c21-17(19-8-12-4-13(9-19)6-14(5-12)10-19)11-25-18(22)15-2-1-3-16(7-15)20(23)24/h1-3,7,12-14H,4-6,8-11H2. The molecule has 0 N–H and O–H groups in total. The first-order chi connectivity index (χ1) is 11.9. The fraction of sp³-hybridized carbons (Fsp3) is 0.579. The maximum atomic E-state index is 12.8. The number of esters is 1. The lowest BCUT2D eigenvalue weighted by Gasteiger charge is -2.55. The van der Waals surface area contributed by atoms with Gasteiger partial charge >= 0.3 is 5.97 Å². The topological polar surface area (TPSA) is 86.5 Å². The number of hydrogen-bond donors (Lipinski definition) is 0. The van der Waals surface area contributed by atoms with Gasteiger partial charge in [0.1, 0.15) is 0 Å². The van der Waals surface area contributed by atoms with Crippen LogP contribution in [0.25, 0.3) is 0 Å². The summed E-state index contributed by atoms with van der Waals surface area (Å²) in [6.07, 6.45) is 6.56. The number of carbonyl (C=O) groups is 2. The van der Waals surface area contributed by atoms with Crippen LogP contribution in [0.2, 0.25) is 0 Å². The summed E-state index contributed by atoms with van der Waals surface area (Å²) >= 11 is 0. The summed E-state index contributed by atoms with van der Waals surface area (Å²) in [5, 5.41) is 10.8. The van der Waals surface area contributed by atoms with Crippen LogP contribution < -0.4 is 0 Å². The normalized spacial score (nSPS) is 32.4. The average molecular weight is 343 g/mol. The predicted octanol–water partition coefficient (Wildman–Crippen LogP) is 3.54. The molecule has 4 bridgehead atoms. The van der Waals surface area contributed by atoms with Crippen LogP contribution in [-0.4, -0.2) is 23.3 Å². The molecule has 4 saturated carbocycles. The summed E-state index contributed by atoms with van der Waals surface area (Å²) in [5.41, 5.74) is -0.355. The lowest BCUT2D eigenvalue weighted by molar-refractivity contribution is -0.384. The van der Waals surface area contributed by atoms with Gasteiger partial charge in [0.2, 0.25) is 0 Å². The Bertz CT molecular complexity index is 706. The van der Waals surface area contributed by atoms with Gasteiger partial charge in [-0.1, -0.05) is 6.07 Å². The van der Waals surface area contributed by atoms with Crippen LogP contribution in [-0.2, 0) is 9.53 Å². The lowest BCUT2D eigenvalue weighted by Crippen LogP contribution is -2.51. The molecular weight excluding hydrogens is 322 g/mol. The van der Waals surface area contributed by atoms with Gasteiger partial charge < -0.3 is 4.74 Å². The van der Waals surface area contributed by atoms with E-state index in [2.05, 4.69) is 0 Å². The van der Waals surface area contributed by atoms with Gasteiger partial charge in [0.15, 0.2) is 12.4 Å². The Hall–Kier alpha value is -2.24. The second-order valence-electron chi connectivity index (χ2n) is 8.00. The average Bonchev–Trinajstić information content (AvgIpc) is 2.58. The third-order valence-corrected chi connectivity index (χ3v) is 6.26. The van der Waals surface area contributed by atoms with E-state index in [0.29, 0.717) is 17.8 Å². The molecule has 0 amide bonds. The van der Waals surface area contributed by atoms with Crippen molar-refractivity contribution in [3.05, 3.63) is 39.9 Å². The van der Waals surface area contributed by atoms with Gasteiger partial charge in [-0.3, -0.25) is 14.9 Å². The number of benzene rings is 1. The summed E-state index contributed by atoms with van der Waals surface area (Å²) in [6, 6.07) is 5.40. The van der Waals surface area contributed by atoms with Gasteiger partial charge in [0.25, 0.3) is 5.69 Å². The number of ketones is 1. The molecule has 1 aromatic rings. The Kier molecular flexibility index (Phi) is 3.85. The first-order valence-electron chi connectivity index (χ1n) is 8.90.